The Kier molecular flexibility index (Phi) is 14.2. The Morgan fingerprint density at radius 1 is 0.630 bits per heavy atom. The van der Waals surface area contributed by atoms with E-state index in [0.717, 1.165) is 0 Å². The van der Waals surface area contributed by atoms with Crippen LogP contribution in [0.5, 0.6) is 0 Å². The third-order valence-electron chi connectivity index (χ3n) is 2.95. The van der Waals surface area contributed by atoms with Gasteiger partial charge in [-0.25, -0.2) is 0 Å². The minimum Gasteiger partial charge on any atom is -0.111 e. The summed E-state index contributed by atoms with van der Waals surface area (Å²) in [6, 6.07) is 4.69. The van der Waals surface area contributed by atoms with Gasteiger partial charge in [-0.3, -0.25) is 0 Å². The molecule has 27 heavy (non-hydrogen) atoms. The largest absolute Gasteiger partial charge is 0.111 e. The smallest absolute Gasteiger partial charge is 0.0584 e. The average molecular weight is 1310 g/mol. The van der Waals surface area contributed by atoms with E-state index in [0.29, 0.717) is 6.51 Å². The summed E-state index contributed by atoms with van der Waals surface area (Å²) >= 11 is 25.8. The molecule has 0 aliphatic carbocycles. The highest BCUT2D eigenvalue weighted by Crippen LogP contribution is 2.46. The lowest BCUT2D eigenvalue weighted by atomic mass is 10.4. The lowest BCUT2D eigenvalue weighted by Gasteiger charge is -2.17. The van der Waals surface area contributed by atoms with Crippen LogP contribution in [0.15, 0.2) is 31.7 Å². The first kappa shape index (κ1) is 28.6. The molecular formula is C16H10I8S3. The second-order valence-electron chi connectivity index (χ2n) is 5.05. The molecule has 11 heteroatoms. The normalized spacial score (nSPS) is 13.7. The standard InChI is InChI=1S/C16H10I8S3/c1-5(17)25-9-3-7(19)15(13(23)11(9)21)27-16-8(20)4-10(26-6(2)18)12(22)14(16)24/h3-6H,1-2H3. The molecule has 2 atom stereocenters. The highest BCUT2D eigenvalue weighted by atomic mass is 127. The number of alkyl halides is 2. The van der Waals surface area contributed by atoms with Gasteiger partial charge < -0.3 is 0 Å². The average Bonchev–Trinajstić information content (AvgIpc) is 2.55. The summed E-state index contributed by atoms with van der Waals surface area (Å²) in [5, 5.41) is 0. The van der Waals surface area contributed by atoms with E-state index in [2.05, 4.69) is 207 Å². The Balaban J connectivity index is 2.49. The first-order chi connectivity index (χ1) is 12.5. The summed E-state index contributed by atoms with van der Waals surface area (Å²) in [7, 11) is 0. The molecule has 0 aromatic heterocycles. The van der Waals surface area contributed by atoms with Crippen molar-refractivity contribution in [2.24, 2.45) is 0 Å². The first-order valence-electron chi connectivity index (χ1n) is 7.17. The van der Waals surface area contributed by atoms with Crippen molar-refractivity contribution in [1.82, 2.24) is 0 Å². The number of rotatable bonds is 6. The summed E-state index contributed by atoms with van der Waals surface area (Å²) in [6.07, 6.45) is 0. The summed E-state index contributed by atoms with van der Waals surface area (Å²) < 4.78 is 9.28. The molecule has 148 valence electrons. The minimum absolute atomic E-state index is 0.565. The maximum absolute atomic E-state index is 2.52. The van der Waals surface area contributed by atoms with E-state index >= 15 is 0 Å². The van der Waals surface area contributed by atoms with Gasteiger partial charge in [0.05, 0.1) is 6.51 Å². The summed E-state index contributed by atoms with van der Waals surface area (Å²) in [6.45, 7) is 4.49. The maximum Gasteiger partial charge on any atom is 0.0584 e. The zero-order chi connectivity index (χ0) is 20.5. The van der Waals surface area contributed by atoms with Crippen molar-refractivity contribution >= 4 is 216 Å². The van der Waals surface area contributed by atoms with Crippen molar-refractivity contribution in [3.05, 3.63) is 33.6 Å². The molecule has 0 heterocycles. The van der Waals surface area contributed by atoms with Crippen molar-refractivity contribution in [1.29, 1.82) is 0 Å². The van der Waals surface area contributed by atoms with E-state index in [4.69, 9.17) is 0 Å². The number of halogens is 8. The van der Waals surface area contributed by atoms with E-state index in [1.807, 2.05) is 35.3 Å². The lowest BCUT2D eigenvalue weighted by Crippen LogP contribution is -1.98. The molecule has 0 bridgehead atoms. The molecule has 0 radical (unpaired) electrons. The first-order valence-corrected chi connectivity index (χ1v) is 18.7. The highest BCUT2D eigenvalue weighted by molar-refractivity contribution is 14.1. The predicted molar refractivity (Wildman–Crippen MR) is 192 cm³/mol. The maximum atomic E-state index is 2.52. The van der Waals surface area contributed by atoms with Crippen LogP contribution < -0.4 is 0 Å². The van der Waals surface area contributed by atoms with Gasteiger partial charge in [0.25, 0.3) is 0 Å². The van der Waals surface area contributed by atoms with E-state index < -0.39 is 0 Å². The highest BCUT2D eigenvalue weighted by Gasteiger charge is 2.21. The monoisotopic (exact) mass is 1310 g/mol. The van der Waals surface area contributed by atoms with Crippen molar-refractivity contribution in [2.75, 3.05) is 0 Å². The van der Waals surface area contributed by atoms with Gasteiger partial charge in [0, 0.05) is 41.0 Å². The lowest BCUT2D eigenvalue weighted by molar-refractivity contribution is 1.19. The Hall–Kier alpha value is 5.33. The van der Waals surface area contributed by atoms with Crippen LogP contribution >= 0.6 is 216 Å². The van der Waals surface area contributed by atoms with Crippen LogP contribution in [0.2, 0.25) is 0 Å². The summed E-state index contributed by atoms with van der Waals surface area (Å²) in [5.41, 5.74) is 0. The molecule has 0 spiro atoms. The van der Waals surface area contributed by atoms with Gasteiger partial charge in [-0.2, -0.15) is 0 Å². The van der Waals surface area contributed by atoms with Crippen LogP contribution in [-0.2, 0) is 0 Å². The second-order valence-corrected chi connectivity index (χ2v) is 20.9. The quantitative estimate of drug-likeness (QED) is 0.122. The number of hydrogen-bond acceptors (Lipinski definition) is 3. The van der Waals surface area contributed by atoms with Gasteiger partial charge >= 0.3 is 0 Å². The molecule has 0 amide bonds. The summed E-state index contributed by atoms with van der Waals surface area (Å²) in [5.74, 6) is 0. The van der Waals surface area contributed by atoms with Crippen molar-refractivity contribution < 1.29 is 0 Å². The molecule has 2 aromatic carbocycles. The van der Waals surface area contributed by atoms with Gasteiger partial charge in [0.15, 0.2) is 0 Å². The van der Waals surface area contributed by atoms with Gasteiger partial charge in [-0.15, -0.1) is 23.5 Å². The zero-order valence-electron chi connectivity index (χ0n) is 13.6. The second kappa shape index (κ2) is 13.4. The molecule has 2 rings (SSSR count). The predicted octanol–water partition coefficient (Wildman–Crippen LogP) is 11.2. The Labute approximate surface area is 282 Å². The molecule has 0 N–H and O–H groups in total. The fraction of sp³-hybridized carbons (Fsp3) is 0.250. The Morgan fingerprint density at radius 2 is 0.963 bits per heavy atom. The molecule has 2 aromatic rings. The summed E-state index contributed by atoms with van der Waals surface area (Å²) in [4.78, 5) is 5.52. The fourth-order valence-corrected chi connectivity index (χ4v) is 13.4. The third kappa shape index (κ3) is 8.20. The van der Waals surface area contributed by atoms with E-state index in [1.54, 1.807) is 0 Å². The van der Waals surface area contributed by atoms with Gasteiger partial charge in [-0.05, 0) is 162 Å². The third-order valence-corrected chi connectivity index (χ3v) is 17.9. The molecular weight excluding hydrogens is 1300 g/mol. The van der Waals surface area contributed by atoms with E-state index in [-0.39, 0.29) is 0 Å². The van der Waals surface area contributed by atoms with Gasteiger partial charge in [0.1, 0.15) is 0 Å². The Morgan fingerprint density at radius 3 is 1.26 bits per heavy atom. The molecule has 0 aliphatic heterocycles. The minimum atomic E-state index is 0.565. The van der Waals surface area contributed by atoms with E-state index in [1.165, 1.54) is 41.0 Å². The number of benzene rings is 2. The van der Waals surface area contributed by atoms with Gasteiger partial charge in [-0.1, -0.05) is 56.9 Å². The SMILES string of the molecule is CC(I)Sc1cc(I)c(Sc2c(I)cc(SC(C)I)c(I)c2I)c(I)c1I. The van der Waals surface area contributed by atoms with Gasteiger partial charge in [0.2, 0.25) is 0 Å². The number of hydrogen-bond donors (Lipinski definition) is 0. The molecule has 0 aliphatic rings. The molecule has 0 nitrogen and oxygen atoms in total. The zero-order valence-corrected chi connectivity index (χ0v) is 33.3. The van der Waals surface area contributed by atoms with Crippen molar-refractivity contribution in [3.63, 3.8) is 0 Å². The number of thioether (sulfide) groups is 2. The van der Waals surface area contributed by atoms with Crippen LogP contribution in [-0.4, -0.2) is 6.51 Å². The topological polar surface area (TPSA) is 0 Å². The van der Waals surface area contributed by atoms with Crippen LogP contribution in [0, 0.1) is 21.4 Å². The molecule has 0 fully saturated rings. The fourth-order valence-electron chi connectivity index (χ4n) is 1.92. The van der Waals surface area contributed by atoms with E-state index in [9.17, 15) is 0 Å². The van der Waals surface area contributed by atoms with Crippen LogP contribution in [0.3, 0.4) is 0 Å². The molecule has 0 saturated carbocycles. The van der Waals surface area contributed by atoms with Crippen molar-refractivity contribution in [3.8, 4) is 0 Å². The van der Waals surface area contributed by atoms with Crippen LogP contribution in [0.25, 0.3) is 0 Å². The molecule has 2 unspecified atom stereocenters. The van der Waals surface area contributed by atoms with Crippen LogP contribution in [0.4, 0.5) is 0 Å². The molecule has 0 saturated heterocycles. The van der Waals surface area contributed by atoms with Crippen LogP contribution in [0.1, 0.15) is 13.8 Å². The van der Waals surface area contributed by atoms with Crippen molar-refractivity contribution in [2.45, 2.75) is 39.9 Å². The Bertz CT molecular complexity index is 785.